The Morgan fingerprint density at radius 2 is 1.50 bits per heavy atom. The Morgan fingerprint density at radius 3 is 2.19 bits per heavy atom. The Kier molecular flexibility index (Phi) is 10.7. The average Bonchev–Trinajstić information content (AvgIpc) is 3.01. The van der Waals surface area contributed by atoms with E-state index in [1.807, 2.05) is 86.6 Å². The number of amides is 3. The van der Waals surface area contributed by atoms with Crippen molar-refractivity contribution in [2.45, 2.75) is 43.8 Å². The fourth-order valence-electron chi connectivity index (χ4n) is 4.40. The van der Waals surface area contributed by atoms with Gasteiger partial charge in [-0.1, -0.05) is 86.6 Å². The normalized spacial score (nSPS) is 11.8. The maximum absolute atomic E-state index is 13.4. The SMILES string of the molecule is CCc1cccc(C)c1NC(=O)C(CC)Sc1cccc(NC(=O)/C(=C/c2ccccc2)NC(=O)c2ccccc2)c1. The van der Waals surface area contributed by atoms with Crippen molar-refractivity contribution in [3.05, 3.63) is 131 Å². The standard InChI is InChI=1S/C35H35N3O3S/c1-4-26-19-12-14-24(3)32(26)38-35(41)31(5-2)42-29-21-13-20-28(23-29)36-34(40)30(22-25-15-8-6-9-16-25)37-33(39)27-17-10-7-11-18-27/h6-23,31H,4-5H2,1-3H3,(H,36,40)(H,37,39)(H,38,41)/b30-22-. The van der Waals surface area contributed by atoms with Gasteiger partial charge in [-0.05, 0) is 72.9 Å². The molecule has 0 aliphatic heterocycles. The molecule has 0 aliphatic rings. The van der Waals surface area contributed by atoms with Gasteiger partial charge in [-0.25, -0.2) is 0 Å². The molecule has 6 nitrogen and oxygen atoms in total. The van der Waals surface area contributed by atoms with Crippen LogP contribution in [0.25, 0.3) is 6.08 Å². The van der Waals surface area contributed by atoms with Gasteiger partial charge in [0, 0.05) is 21.8 Å². The first-order valence-corrected chi connectivity index (χ1v) is 14.9. The Hall–Kier alpha value is -4.62. The highest BCUT2D eigenvalue weighted by atomic mass is 32.2. The Morgan fingerprint density at radius 1 is 0.810 bits per heavy atom. The zero-order chi connectivity index (χ0) is 29.9. The molecule has 4 aromatic carbocycles. The highest BCUT2D eigenvalue weighted by Gasteiger charge is 2.21. The first-order valence-electron chi connectivity index (χ1n) is 14.0. The van der Waals surface area contributed by atoms with Crippen molar-refractivity contribution in [3.63, 3.8) is 0 Å². The van der Waals surface area contributed by atoms with Crippen LogP contribution < -0.4 is 16.0 Å². The van der Waals surface area contributed by atoms with Crippen LogP contribution in [0.1, 0.15) is 47.3 Å². The number of carbonyl (C=O) groups excluding carboxylic acids is 3. The minimum atomic E-state index is -0.457. The molecule has 1 atom stereocenters. The molecular weight excluding hydrogens is 542 g/mol. The number of anilines is 2. The molecule has 42 heavy (non-hydrogen) atoms. The molecule has 4 aromatic rings. The summed E-state index contributed by atoms with van der Waals surface area (Å²) in [7, 11) is 0. The second-order valence-corrected chi connectivity index (χ2v) is 11.0. The molecule has 0 saturated heterocycles. The number of aryl methyl sites for hydroxylation is 2. The van der Waals surface area contributed by atoms with Gasteiger partial charge in [0.25, 0.3) is 11.8 Å². The third-order valence-electron chi connectivity index (χ3n) is 6.66. The summed E-state index contributed by atoms with van der Waals surface area (Å²) in [5.41, 5.74) is 4.91. The highest BCUT2D eigenvalue weighted by molar-refractivity contribution is 8.00. The zero-order valence-electron chi connectivity index (χ0n) is 24.0. The smallest absolute Gasteiger partial charge is 0.272 e. The zero-order valence-corrected chi connectivity index (χ0v) is 24.8. The molecule has 0 bridgehead atoms. The van der Waals surface area contributed by atoms with E-state index in [-0.39, 0.29) is 22.8 Å². The van der Waals surface area contributed by atoms with Gasteiger partial charge < -0.3 is 16.0 Å². The summed E-state index contributed by atoms with van der Waals surface area (Å²) in [5.74, 6) is -0.895. The lowest BCUT2D eigenvalue weighted by Crippen LogP contribution is -2.30. The topological polar surface area (TPSA) is 87.3 Å². The van der Waals surface area contributed by atoms with Gasteiger partial charge >= 0.3 is 0 Å². The van der Waals surface area contributed by atoms with Crippen LogP contribution in [0.15, 0.2) is 114 Å². The molecule has 0 saturated carbocycles. The van der Waals surface area contributed by atoms with E-state index in [0.717, 1.165) is 33.7 Å². The number of para-hydroxylation sites is 1. The van der Waals surface area contributed by atoms with Gasteiger partial charge in [-0.3, -0.25) is 14.4 Å². The van der Waals surface area contributed by atoms with Crippen LogP contribution in [0.3, 0.4) is 0 Å². The minimum Gasteiger partial charge on any atom is -0.325 e. The van der Waals surface area contributed by atoms with Crippen molar-refractivity contribution in [2.75, 3.05) is 10.6 Å². The fourth-order valence-corrected chi connectivity index (χ4v) is 5.41. The van der Waals surface area contributed by atoms with E-state index in [9.17, 15) is 14.4 Å². The summed E-state index contributed by atoms with van der Waals surface area (Å²) in [6.07, 6.45) is 3.10. The Bertz CT molecular complexity index is 1570. The third-order valence-corrected chi connectivity index (χ3v) is 8.02. The molecule has 7 heteroatoms. The summed E-state index contributed by atoms with van der Waals surface area (Å²) in [4.78, 5) is 40.4. The monoisotopic (exact) mass is 577 g/mol. The van der Waals surface area contributed by atoms with E-state index >= 15 is 0 Å². The lowest BCUT2D eigenvalue weighted by atomic mass is 10.1. The van der Waals surface area contributed by atoms with E-state index in [2.05, 4.69) is 22.9 Å². The first-order chi connectivity index (χ1) is 20.4. The number of carbonyl (C=O) groups is 3. The quantitative estimate of drug-likeness (QED) is 0.127. The van der Waals surface area contributed by atoms with Crippen molar-refractivity contribution >= 4 is 46.9 Å². The molecule has 0 aliphatic carbocycles. The van der Waals surface area contributed by atoms with Crippen molar-refractivity contribution in [1.82, 2.24) is 5.32 Å². The molecule has 4 rings (SSSR count). The lowest BCUT2D eigenvalue weighted by molar-refractivity contribution is -0.116. The summed E-state index contributed by atoms with van der Waals surface area (Å²) < 4.78 is 0. The summed E-state index contributed by atoms with van der Waals surface area (Å²) in [5, 5.41) is 8.49. The first kappa shape index (κ1) is 30.3. The predicted molar refractivity (Wildman–Crippen MR) is 173 cm³/mol. The lowest BCUT2D eigenvalue weighted by Gasteiger charge is -2.18. The van der Waals surface area contributed by atoms with Crippen molar-refractivity contribution < 1.29 is 14.4 Å². The van der Waals surface area contributed by atoms with Gasteiger partial charge in [0.2, 0.25) is 5.91 Å². The molecule has 214 valence electrons. The van der Waals surface area contributed by atoms with Gasteiger partial charge in [0.15, 0.2) is 0 Å². The number of hydrogen-bond acceptors (Lipinski definition) is 4. The van der Waals surface area contributed by atoms with E-state index in [1.165, 1.54) is 11.8 Å². The second kappa shape index (κ2) is 14.8. The van der Waals surface area contributed by atoms with Crippen LogP contribution >= 0.6 is 11.8 Å². The van der Waals surface area contributed by atoms with E-state index in [4.69, 9.17) is 0 Å². The summed E-state index contributed by atoms with van der Waals surface area (Å²) >= 11 is 1.45. The van der Waals surface area contributed by atoms with E-state index in [1.54, 1.807) is 36.4 Å². The van der Waals surface area contributed by atoms with Crippen LogP contribution in [0.4, 0.5) is 11.4 Å². The largest absolute Gasteiger partial charge is 0.325 e. The van der Waals surface area contributed by atoms with Crippen LogP contribution in [0, 0.1) is 6.92 Å². The van der Waals surface area contributed by atoms with Crippen LogP contribution in [0.5, 0.6) is 0 Å². The average molecular weight is 578 g/mol. The van der Waals surface area contributed by atoms with Gasteiger partial charge in [0.1, 0.15) is 5.70 Å². The number of thioether (sulfide) groups is 1. The maximum Gasteiger partial charge on any atom is 0.272 e. The van der Waals surface area contributed by atoms with Crippen molar-refractivity contribution in [2.24, 2.45) is 0 Å². The van der Waals surface area contributed by atoms with E-state index in [0.29, 0.717) is 17.7 Å². The molecule has 0 radical (unpaired) electrons. The van der Waals surface area contributed by atoms with Gasteiger partial charge in [-0.15, -0.1) is 11.8 Å². The van der Waals surface area contributed by atoms with Gasteiger partial charge in [-0.2, -0.15) is 0 Å². The number of rotatable bonds is 11. The Balaban J connectivity index is 1.49. The van der Waals surface area contributed by atoms with E-state index < -0.39 is 5.91 Å². The number of hydrogen-bond donors (Lipinski definition) is 3. The number of nitrogens with one attached hydrogen (secondary N) is 3. The van der Waals surface area contributed by atoms with Crippen molar-refractivity contribution in [1.29, 1.82) is 0 Å². The van der Waals surface area contributed by atoms with Gasteiger partial charge in [0.05, 0.1) is 5.25 Å². The van der Waals surface area contributed by atoms with Crippen LogP contribution in [-0.4, -0.2) is 23.0 Å². The maximum atomic E-state index is 13.4. The molecule has 0 heterocycles. The third kappa shape index (κ3) is 8.21. The second-order valence-electron chi connectivity index (χ2n) is 9.74. The fraction of sp³-hybridized carbons (Fsp3) is 0.171. The molecule has 3 amide bonds. The van der Waals surface area contributed by atoms with Crippen LogP contribution in [-0.2, 0) is 16.0 Å². The molecule has 0 fully saturated rings. The predicted octanol–water partition coefficient (Wildman–Crippen LogP) is 7.48. The molecule has 1 unspecified atom stereocenters. The Labute approximate surface area is 251 Å². The summed E-state index contributed by atoms with van der Waals surface area (Å²) in [6, 6.07) is 31.5. The molecule has 0 aromatic heterocycles. The highest BCUT2D eigenvalue weighted by Crippen LogP contribution is 2.30. The molecule has 3 N–H and O–H groups in total. The molecule has 0 spiro atoms. The summed E-state index contributed by atoms with van der Waals surface area (Å²) in [6.45, 7) is 6.05. The number of benzene rings is 4. The van der Waals surface area contributed by atoms with Crippen molar-refractivity contribution in [3.8, 4) is 0 Å². The molecular formula is C35H35N3O3S. The van der Waals surface area contributed by atoms with Crippen LogP contribution in [0.2, 0.25) is 0 Å². The minimum absolute atomic E-state index is 0.0577.